The molecule has 110 valence electrons. The number of hydrogen-bond donors (Lipinski definition) is 2. The van der Waals surface area contributed by atoms with Crippen LogP contribution in [0.2, 0.25) is 0 Å². The zero-order valence-corrected chi connectivity index (χ0v) is 12.8. The fourth-order valence-electron chi connectivity index (χ4n) is 1.71. The zero-order chi connectivity index (χ0) is 15.6. The molecule has 9 heteroatoms. The van der Waals surface area contributed by atoms with Crippen LogP contribution in [-0.4, -0.2) is 21.9 Å². The van der Waals surface area contributed by atoms with Gasteiger partial charge in [0.2, 0.25) is 17.6 Å². The minimum absolute atomic E-state index is 0.00858. The zero-order valence-electron chi connectivity index (χ0n) is 11.3. The molecule has 0 spiro atoms. The van der Waals surface area contributed by atoms with Gasteiger partial charge >= 0.3 is 5.69 Å². The second-order valence-electron chi connectivity index (χ2n) is 4.13. The van der Waals surface area contributed by atoms with Gasteiger partial charge in [0.25, 0.3) is 0 Å². The number of aromatic nitrogens is 2. The van der Waals surface area contributed by atoms with E-state index in [2.05, 4.69) is 31.2 Å². The number of nitrogen functional groups attached to an aromatic ring is 1. The molecule has 2 aromatic rings. The SMILES string of the molecule is CNc1cc(Oc2c(C)cc(Br)cc2[N+](=O)[O-])nc(N)n1. The number of benzene rings is 1. The van der Waals surface area contributed by atoms with Crippen molar-refractivity contribution in [3.63, 3.8) is 0 Å². The van der Waals surface area contributed by atoms with E-state index in [1.165, 1.54) is 12.1 Å². The van der Waals surface area contributed by atoms with Gasteiger partial charge in [-0.2, -0.15) is 9.97 Å². The van der Waals surface area contributed by atoms with E-state index in [-0.39, 0.29) is 23.3 Å². The fourth-order valence-corrected chi connectivity index (χ4v) is 2.27. The number of halogens is 1. The van der Waals surface area contributed by atoms with Crippen LogP contribution in [0.15, 0.2) is 22.7 Å². The molecular weight excluding hydrogens is 342 g/mol. The maximum Gasteiger partial charge on any atom is 0.313 e. The molecule has 0 unspecified atom stereocenters. The van der Waals surface area contributed by atoms with Gasteiger partial charge in [0.1, 0.15) is 5.82 Å². The van der Waals surface area contributed by atoms with E-state index in [0.717, 1.165) is 0 Å². The van der Waals surface area contributed by atoms with E-state index in [9.17, 15) is 10.1 Å². The third-order valence-electron chi connectivity index (χ3n) is 2.60. The molecule has 2 rings (SSSR count). The Kier molecular flexibility index (Phi) is 4.22. The molecule has 1 heterocycles. The summed E-state index contributed by atoms with van der Waals surface area (Å²) in [5.41, 5.74) is 6.00. The largest absolute Gasteiger partial charge is 0.431 e. The van der Waals surface area contributed by atoms with Gasteiger partial charge < -0.3 is 15.8 Å². The Labute approximate surface area is 128 Å². The highest BCUT2D eigenvalue weighted by Crippen LogP contribution is 2.37. The number of anilines is 2. The van der Waals surface area contributed by atoms with E-state index in [4.69, 9.17) is 10.5 Å². The molecule has 0 fully saturated rings. The first-order valence-electron chi connectivity index (χ1n) is 5.85. The Morgan fingerprint density at radius 1 is 1.38 bits per heavy atom. The van der Waals surface area contributed by atoms with E-state index in [0.29, 0.717) is 15.9 Å². The van der Waals surface area contributed by atoms with Gasteiger partial charge in [0, 0.05) is 29.2 Å². The monoisotopic (exact) mass is 353 g/mol. The fraction of sp³-hybridized carbons (Fsp3) is 0.167. The smallest absolute Gasteiger partial charge is 0.313 e. The second-order valence-corrected chi connectivity index (χ2v) is 5.05. The van der Waals surface area contributed by atoms with Gasteiger partial charge in [0.05, 0.1) is 4.92 Å². The Bertz CT molecular complexity index is 708. The van der Waals surface area contributed by atoms with Crippen molar-refractivity contribution >= 4 is 33.4 Å². The summed E-state index contributed by atoms with van der Waals surface area (Å²) in [6.45, 7) is 1.70. The highest BCUT2D eigenvalue weighted by atomic mass is 79.9. The summed E-state index contributed by atoms with van der Waals surface area (Å²) in [6, 6.07) is 4.58. The first-order chi connectivity index (χ1) is 9.90. The predicted octanol–water partition coefficient (Wildman–Crippen LogP) is 2.87. The maximum absolute atomic E-state index is 11.1. The third kappa shape index (κ3) is 3.37. The second kappa shape index (κ2) is 5.92. The van der Waals surface area contributed by atoms with E-state index >= 15 is 0 Å². The molecule has 0 aliphatic rings. The van der Waals surface area contributed by atoms with Crippen LogP contribution in [0, 0.1) is 17.0 Å². The van der Waals surface area contributed by atoms with Crippen molar-refractivity contribution in [1.29, 1.82) is 0 Å². The summed E-state index contributed by atoms with van der Waals surface area (Å²) in [4.78, 5) is 18.5. The summed E-state index contributed by atoms with van der Waals surface area (Å²) in [6.07, 6.45) is 0. The minimum Gasteiger partial charge on any atom is -0.431 e. The van der Waals surface area contributed by atoms with Crippen LogP contribution in [0.3, 0.4) is 0 Å². The van der Waals surface area contributed by atoms with Crippen molar-refractivity contribution < 1.29 is 9.66 Å². The van der Waals surface area contributed by atoms with Crippen LogP contribution >= 0.6 is 15.9 Å². The molecule has 0 aliphatic heterocycles. The van der Waals surface area contributed by atoms with Crippen LogP contribution in [0.4, 0.5) is 17.5 Å². The summed E-state index contributed by atoms with van der Waals surface area (Å²) in [7, 11) is 1.67. The third-order valence-corrected chi connectivity index (χ3v) is 3.06. The molecule has 0 saturated heterocycles. The first-order valence-corrected chi connectivity index (χ1v) is 6.64. The van der Waals surface area contributed by atoms with Crippen molar-refractivity contribution in [2.24, 2.45) is 0 Å². The Balaban J connectivity index is 2.48. The Morgan fingerprint density at radius 2 is 2.10 bits per heavy atom. The summed E-state index contributed by atoms with van der Waals surface area (Å²) in [5, 5.41) is 13.9. The number of nitrogens with two attached hydrogens (primary N) is 1. The van der Waals surface area contributed by atoms with Crippen molar-refractivity contribution in [3.05, 3.63) is 38.3 Å². The predicted molar refractivity (Wildman–Crippen MR) is 81.6 cm³/mol. The lowest BCUT2D eigenvalue weighted by atomic mass is 10.2. The number of nitrogens with one attached hydrogen (secondary N) is 1. The quantitative estimate of drug-likeness (QED) is 0.640. The molecule has 1 aromatic heterocycles. The van der Waals surface area contributed by atoms with Crippen LogP contribution in [-0.2, 0) is 0 Å². The summed E-state index contributed by atoms with van der Waals surface area (Å²) >= 11 is 3.22. The van der Waals surface area contributed by atoms with Crippen LogP contribution < -0.4 is 15.8 Å². The van der Waals surface area contributed by atoms with Gasteiger partial charge in [-0.05, 0) is 13.0 Å². The standard InChI is InChI=1S/C12H12BrN5O3/c1-6-3-7(13)4-8(18(19)20)11(6)21-10-5-9(15-2)16-12(14)17-10/h3-5H,1-2H3,(H3,14,15,16,17). The van der Waals surface area contributed by atoms with Gasteiger partial charge in [-0.1, -0.05) is 15.9 Å². The van der Waals surface area contributed by atoms with E-state index in [1.807, 2.05) is 0 Å². The lowest BCUT2D eigenvalue weighted by Crippen LogP contribution is -2.03. The summed E-state index contributed by atoms with van der Waals surface area (Å²) < 4.78 is 6.14. The van der Waals surface area contributed by atoms with Crippen LogP contribution in [0.5, 0.6) is 11.6 Å². The molecule has 8 nitrogen and oxygen atoms in total. The molecule has 0 aliphatic carbocycles. The molecule has 3 N–H and O–H groups in total. The highest BCUT2D eigenvalue weighted by Gasteiger charge is 2.20. The molecule has 0 radical (unpaired) electrons. The molecule has 0 saturated carbocycles. The number of aryl methyl sites for hydroxylation is 1. The van der Waals surface area contributed by atoms with E-state index < -0.39 is 4.92 Å². The normalized spacial score (nSPS) is 10.2. The van der Waals surface area contributed by atoms with Crippen molar-refractivity contribution in [3.8, 4) is 11.6 Å². The number of hydrogen-bond acceptors (Lipinski definition) is 7. The number of rotatable bonds is 4. The van der Waals surface area contributed by atoms with Crippen molar-refractivity contribution in [2.45, 2.75) is 6.92 Å². The van der Waals surface area contributed by atoms with Gasteiger partial charge in [-0.25, -0.2) is 0 Å². The van der Waals surface area contributed by atoms with E-state index in [1.54, 1.807) is 20.0 Å². The molecular formula is C12H12BrN5O3. The Hall–Kier alpha value is -2.42. The van der Waals surface area contributed by atoms with Crippen molar-refractivity contribution in [2.75, 3.05) is 18.1 Å². The van der Waals surface area contributed by atoms with Crippen LogP contribution in [0.25, 0.3) is 0 Å². The number of nitro groups is 1. The van der Waals surface area contributed by atoms with Crippen LogP contribution in [0.1, 0.15) is 5.56 Å². The lowest BCUT2D eigenvalue weighted by molar-refractivity contribution is -0.385. The minimum atomic E-state index is -0.517. The summed E-state index contributed by atoms with van der Waals surface area (Å²) in [5.74, 6) is 0.702. The maximum atomic E-state index is 11.1. The lowest BCUT2D eigenvalue weighted by Gasteiger charge is -2.10. The Morgan fingerprint density at radius 3 is 2.71 bits per heavy atom. The molecule has 0 atom stereocenters. The topological polar surface area (TPSA) is 116 Å². The average molecular weight is 354 g/mol. The average Bonchev–Trinajstić information content (AvgIpc) is 2.40. The molecule has 0 bridgehead atoms. The first kappa shape index (κ1) is 15.0. The molecule has 21 heavy (non-hydrogen) atoms. The number of nitrogens with zero attached hydrogens (tertiary/aromatic N) is 3. The highest BCUT2D eigenvalue weighted by molar-refractivity contribution is 9.10. The number of nitro benzene ring substituents is 1. The van der Waals surface area contributed by atoms with Gasteiger partial charge in [-0.3, -0.25) is 10.1 Å². The molecule has 1 aromatic carbocycles. The van der Waals surface area contributed by atoms with Gasteiger partial charge in [0.15, 0.2) is 0 Å². The van der Waals surface area contributed by atoms with Crippen molar-refractivity contribution in [1.82, 2.24) is 9.97 Å². The van der Waals surface area contributed by atoms with Gasteiger partial charge in [-0.15, -0.1) is 0 Å². The number of ether oxygens (including phenoxy) is 1. The molecule has 0 amide bonds.